The molecule has 0 radical (unpaired) electrons. The van der Waals surface area contributed by atoms with Gasteiger partial charge in [0.05, 0.1) is 24.2 Å². The van der Waals surface area contributed by atoms with Crippen LogP contribution in [-0.4, -0.2) is 36.6 Å². The molecule has 1 aromatic carbocycles. The average Bonchev–Trinajstić information content (AvgIpc) is 2.59. The van der Waals surface area contributed by atoms with Crippen LogP contribution in [0.2, 0.25) is 0 Å². The number of carbonyl (C=O) groups is 3. The van der Waals surface area contributed by atoms with Gasteiger partial charge in [0.2, 0.25) is 0 Å². The summed E-state index contributed by atoms with van der Waals surface area (Å²) in [6.07, 6.45) is 3.32. The normalized spacial score (nSPS) is 20.6. The Bertz CT molecular complexity index is 598. The van der Waals surface area contributed by atoms with E-state index in [9.17, 15) is 19.5 Å². The minimum Gasteiger partial charge on any atom is -0.481 e. The van der Waals surface area contributed by atoms with Crippen molar-refractivity contribution in [3.8, 4) is 0 Å². The minimum absolute atomic E-state index is 0.0736. The van der Waals surface area contributed by atoms with E-state index in [-0.39, 0.29) is 23.0 Å². The van der Waals surface area contributed by atoms with Gasteiger partial charge < -0.3 is 15.2 Å². The topological polar surface area (TPSA) is 92.7 Å². The summed E-state index contributed by atoms with van der Waals surface area (Å²) in [5.74, 6) is -2.26. The largest absolute Gasteiger partial charge is 0.481 e. The molecule has 0 heterocycles. The van der Waals surface area contributed by atoms with Crippen LogP contribution in [0.3, 0.4) is 0 Å². The van der Waals surface area contributed by atoms with Crippen molar-refractivity contribution in [2.45, 2.75) is 25.7 Å². The lowest BCUT2D eigenvalue weighted by molar-refractivity contribution is -0.144. The molecule has 2 rings (SSSR count). The van der Waals surface area contributed by atoms with Gasteiger partial charge >= 0.3 is 11.9 Å². The predicted molar refractivity (Wildman–Crippen MR) is 83.2 cm³/mol. The van der Waals surface area contributed by atoms with Crippen LogP contribution in [0.25, 0.3) is 0 Å². The third-order valence-corrected chi connectivity index (χ3v) is 4.33. The fourth-order valence-electron chi connectivity index (χ4n) is 3.07. The van der Waals surface area contributed by atoms with Gasteiger partial charge in [0.1, 0.15) is 0 Å². The van der Waals surface area contributed by atoms with Crippen LogP contribution in [0.5, 0.6) is 0 Å². The number of benzene rings is 1. The highest BCUT2D eigenvalue weighted by atomic mass is 16.5. The summed E-state index contributed by atoms with van der Waals surface area (Å²) in [5, 5.41) is 12.0. The molecule has 0 aliphatic heterocycles. The second-order valence-corrected chi connectivity index (χ2v) is 5.74. The first-order valence-electron chi connectivity index (χ1n) is 7.73. The molecule has 1 aliphatic rings. The van der Waals surface area contributed by atoms with E-state index in [0.29, 0.717) is 13.0 Å². The molecule has 2 atom stereocenters. The molecule has 0 bridgehead atoms. The number of methoxy groups -OCH3 is 1. The number of hydrogen-bond acceptors (Lipinski definition) is 4. The maximum atomic E-state index is 12.3. The lowest BCUT2D eigenvalue weighted by Gasteiger charge is -2.28. The van der Waals surface area contributed by atoms with Gasteiger partial charge in [-0.3, -0.25) is 9.59 Å². The van der Waals surface area contributed by atoms with Gasteiger partial charge in [-0.2, -0.15) is 0 Å². The third-order valence-electron chi connectivity index (χ3n) is 4.33. The third kappa shape index (κ3) is 4.09. The molecule has 6 nitrogen and oxygen atoms in total. The van der Waals surface area contributed by atoms with Crippen LogP contribution in [0.15, 0.2) is 24.3 Å². The van der Waals surface area contributed by atoms with Crippen molar-refractivity contribution < 1.29 is 24.2 Å². The summed E-state index contributed by atoms with van der Waals surface area (Å²) in [6.45, 7) is 0.297. The molecule has 1 aromatic rings. The smallest absolute Gasteiger partial charge is 0.338 e. The number of rotatable bonds is 5. The maximum absolute atomic E-state index is 12.3. The van der Waals surface area contributed by atoms with Gasteiger partial charge in [-0.1, -0.05) is 25.0 Å². The summed E-state index contributed by atoms with van der Waals surface area (Å²) < 4.78 is 4.67. The van der Waals surface area contributed by atoms with Crippen molar-refractivity contribution in [2.75, 3.05) is 13.7 Å². The summed E-state index contributed by atoms with van der Waals surface area (Å²) >= 11 is 0. The lowest BCUT2D eigenvalue weighted by atomic mass is 9.79. The molecule has 1 amide bonds. The number of ether oxygens (including phenoxy) is 1. The van der Waals surface area contributed by atoms with E-state index in [1.165, 1.54) is 13.2 Å². The highest BCUT2D eigenvalue weighted by Crippen LogP contribution is 2.29. The van der Waals surface area contributed by atoms with Gasteiger partial charge in [0, 0.05) is 6.54 Å². The van der Waals surface area contributed by atoms with Crippen molar-refractivity contribution >= 4 is 17.8 Å². The van der Waals surface area contributed by atoms with E-state index in [1.54, 1.807) is 18.2 Å². The molecule has 2 N–H and O–H groups in total. The monoisotopic (exact) mass is 319 g/mol. The van der Waals surface area contributed by atoms with Gasteiger partial charge in [-0.15, -0.1) is 0 Å². The molecule has 0 aromatic heterocycles. The maximum Gasteiger partial charge on any atom is 0.338 e. The molecule has 23 heavy (non-hydrogen) atoms. The van der Waals surface area contributed by atoms with E-state index in [2.05, 4.69) is 10.1 Å². The number of amides is 1. The summed E-state index contributed by atoms with van der Waals surface area (Å²) in [7, 11) is 1.26. The highest BCUT2D eigenvalue weighted by Gasteiger charge is 2.31. The zero-order chi connectivity index (χ0) is 16.8. The molecule has 124 valence electrons. The summed E-state index contributed by atoms with van der Waals surface area (Å²) in [4.78, 5) is 35.3. The molecule has 0 unspecified atom stereocenters. The molecule has 1 fully saturated rings. The van der Waals surface area contributed by atoms with Gasteiger partial charge in [0.25, 0.3) is 5.91 Å². The zero-order valence-corrected chi connectivity index (χ0v) is 13.1. The molecule has 1 aliphatic carbocycles. The van der Waals surface area contributed by atoms with Crippen molar-refractivity contribution in [3.05, 3.63) is 35.4 Å². The van der Waals surface area contributed by atoms with Crippen LogP contribution < -0.4 is 5.32 Å². The fraction of sp³-hybridized carbons (Fsp3) is 0.471. The number of carboxylic acids is 1. The first kappa shape index (κ1) is 17.0. The van der Waals surface area contributed by atoms with Crippen LogP contribution in [0.4, 0.5) is 0 Å². The van der Waals surface area contributed by atoms with Crippen molar-refractivity contribution in [3.63, 3.8) is 0 Å². The summed E-state index contributed by atoms with van der Waals surface area (Å²) in [5.41, 5.74) is 0.438. The highest BCUT2D eigenvalue weighted by molar-refractivity contribution is 6.05. The Balaban J connectivity index is 2.05. The van der Waals surface area contributed by atoms with E-state index in [0.717, 1.165) is 19.3 Å². The number of nitrogens with one attached hydrogen (secondary N) is 1. The first-order chi connectivity index (χ1) is 11.0. The molecule has 0 saturated heterocycles. The van der Waals surface area contributed by atoms with Gasteiger partial charge in [-0.25, -0.2) is 4.79 Å². The van der Waals surface area contributed by atoms with Crippen LogP contribution in [0.1, 0.15) is 46.4 Å². The van der Waals surface area contributed by atoms with Gasteiger partial charge in [0.15, 0.2) is 0 Å². The van der Waals surface area contributed by atoms with Gasteiger partial charge in [-0.05, 0) is 30.9 Å². The van der Waals surface area contributed by atoms with Crippen molar-refractivity contribution in [1.82, 2.24) is 5.32 Å². The molecular weight excluding hydrogens is 298 g/mol. The lowest BCUT2D eigenvalue weighted by Crippen LogP contribution is -2.37. The molecule has 0 spiro atoms. The number of esters is 1. The van der Waals surface area contributed by atoms with Crippen LogP contribution in [0, 0.1) is 11.8 Å². The number of carbonyl (C=O) groups excluding carboxylic acids is 2. The van der Waals surface area contributed by atoms with Crippen molar-refractivity contribution in [1.29, 1.82) is 0 Å². The predicted octanol–water partition coefficient (Wildman–Crippen LogP) is 2.09. The first-order valence-corrected chi connectivity index (χ1v) is 7.73. The Morgan fingerprint density at radius 2 is 1.83 bits per heavy atom. The number of carboxylic acid groups (broad SMARTS) is 1. The number of hydrogen-bond donors (Lipinski definition) is 2. The van der Waals surface area contributed by atoms with E-state index in [1.807, 2.05) is 0 Å². The van der Waals surface area contributed by atoms with Crippen LogP contribution >= 0.6 is 0 Å². The quantitative estimate of drug-likeness (QED) is 0.811. The SMILES string of the molecule is COC(=O)c1ccccc1C(=O)NC[C@@H]1CCCC[C@@H]1C(=O)O. The minimum atomic E-state index is -0.807. The standard InChI is InChI=1S/C17H21NO5/c1-23-17(22)14-9-5-4-8-13(14)15(19)18-10-11-6-2-3-7-12(11)16(20)21/h4-5,8-9,11-12H,2-3,6-7,10H2,1H3,(H,18,19)(H,20,21)/t11-,12-/m0/s1. The second kappa shape index (κ2) is 7.76. The Morgan fingerprint density at radius 3 is 2.48 bits per heavy atom. The second-order valence-electron chi connectivity index (χ2n) is 5.74. The Hall–Kier alpha value is -2.37. The van der Waals surface area contributed by atoms with Crippen molar-refractivity contribution in [2.24, 2.45) is 11.8 Å². The van der Waals surface area contributed by atoms with Crippen LogP contribution in [-0.2, 0) is 9.53 Å². The Morgan fingerprint density at radius 1 is 1.17 bits per heavy atom. The Kier molecular flexibility index (Phi) is 5.73. The molecule has 6 heteroatoms. The molecule has 1 saturated carbocycles. The van der Waals surface area contributed by atoms with E-state index >= 15 is 0 Å². The average molecular weight is 319 g/mol. The van der Waals surface area contributed by atoms with E-state index < -0.39 is 17.9 Å². The Labute approximate surface area is 134 Å². The fourth-order valence-corrected chi connectivity index (χ4v) is 3.07. The van der Waals surface area contributed by atoms with E-state index in [4.69, 9.17) is 0 Å². The summed E-state index contributed by atoms with van der Waals surface area (Å²) in [6, 6.07) is 6.41. The zero-order valence-electron chi connectivity index (χ0n) is 13.1. The molecular formula is C17H21NO5. The number of aliphatic carboxylic acids is 1.